The van der Waals surface area contributed by atoms with Crippen LogP contribution in [0.25, 0.3) is 0 Å². The highest BCUT2D eigenvalue weighted by atomic mass is 35.5. The van der Waals surface area contributed by atoms with Crippen LogP contribution in [0.4, 0.5) is 5.69 Å². The lowest BCUT2D eigenvalue weighted by Gasteiger charge is -1.99. The zero-order chi connectivity index (χ0) is 11.1. The second-order valence-corrected chi connectivity index (χ2v) is 3.28. The molecule has 0 aromatic heterocycles. The van der Waals surface area contributed by atoms with Crippen LogP contribution in [0.3, 0.4) is 0 Å². The molecule has 0 atom stereocenters. The van der Waals surface area contributed by atoms with E-state index in [1.54, 1.807) is 24.3 Å². The molecule has 0 aliphatic heterocycles. The van der Waals surface area contributed by atoms with Crippen molar-refractivity contribution in [3.63, 3.8) is 0 Å². The van der Waals surface area contributed by atoms with Gasteiger partial charge in [-0.05, 0) is 31.2 Å². The molecule has 0 amide bonds. The summed E-state index contributed by atoms with van der Waals surface area (Å²) >= 11 is 5.42. The minimum absolute atomic E-state index is 0.0466. The van der Waals surface area contributed by atoms with Crippen LogP contribution in [0.1, 0.15) is 17.3 Å². The number of carbonyl (C=O) groups excluding carboxylic acids is 1. The first-order valence-electron chi connectivity index (χ1n) is 4.53. The quantitative estimate of drug-likeness (QED) is 0.363. The van der Waals surface area contributed by atoms with Gasteiger partial charge in [0.15, 0.2) is 5.78 Å². The highest BCUT2D eigenvalue weighted by Crippen LogP contribution is 2.09. The molecule has 0 aliphatic rings. The number of nitrogens with one attached hydrogen (secondary N) is 1. The molecule has 5 heteroatoms. The van der Waals surface area contributed by atoms with Crippen LogP contribution in [-0.2, 0) is 0 Å². The van der Waals surface area contributed by atoms with Crippen LogP contribution < -0.4 is 5.43 Å². The van der Waals surface area contributed by atoms with Gasteiger partial charge in [0.05, 0.1) is 12.2 Å². The third kappa shape index (κ3) is 4.08. The summed E-state index contributed by atoms with van der Waals surface area (Å²) in [6, 6.07) is 7.02. The maximum atomic E-state index is 11.0. The van der Waals surface area contributed by atoms with Gasteiger partial charge in [0.1, 0.15) is 0 Å². The van der Waals surface area contributed by atoms with Crippen molar-refractivity contribution in [2.75, 3.05) is 17.9 Å². The molecular formula is C10H12ClN3O. The maximum absolute atomic E-state index is 11.0. The van der Waals surface area contributed by atoms with Crippen molar-refractivity contribution < 1.29 is 4.79 Å². The fraction of sp³-hybridized carbons (Fsp3) is 0.300. The second kappa shape index (κ2) is 6.14. The standard InChI is InChI=1S/C10H12ClN3O/c1-8(15)9-2-4-10(5-3-9)13-14-12-7-6-11/h2-5H,6-7H2,1H3,(H,12,13). The first-order chi connectivity index (χ1) is 7.24. The number of nitrogens with zero attached hydrogens (tertiary/aromatic N) is 2. The van der Waals surface area contributed by atoms with E-state index < -0.39 is 0 Å². The van der Waals surface area contributed by atoms with Crippen LogP contribution in [0.2, 0.25) is 0 Å². The Morgan fingerprint density at radius 1 is 1.40 bits per heavy atom. The smallest absolute Gasteiger partial charge is 0.159 e. The Kier molecular flexibility index (Phi) is 4.77. The summed E-state index contributed by atoms with van der Waals surface area (Å²) in [6.07, 6.45) is 0. The molecule has 1 aromatic carbocycles. The Labute approximate surface area is 93.3 Å². The van der Waals surface area contributed by atoms with E-state index in [1.165, 1.54) is 6.92 Å². The molecule has 0 heterocycles. The van der Waals surface area contributed by atoms with E-state index in [4.69, 9.17) is 11.6 Å². The summed E-state index contributed by atoms with van der Waals surface area (Å²) in [5, 5.41) is 7.47. The molecule has 1 aromatic rings. The van der Waals surface area contributed by atoms with Gasteiger partial charge in [0, 0.05) is 11.4 Å². The Hall–Kier alpha value is -1.42. The SMILES string of the molecule is CC(=O)c1ccc(NN=NCCCl)cc1. The normalized spacial score (nSPS) is 10.5. The lowest BCUT2D eigenvalue weighted by molar-refractivity contribution is 0.101. The van der Waals surface area contributed by atoms with Gasteiger partial charge >= 0.3 is 0 Å². The fourth-order valence-electron chi connectivity index (χ4n) is 0.960. The zero-order valence-corrected chi connectivity index (χ0v) is 9.16. The van der Waals surface area contributed by atoms with Crippen molar-refractivity contribution in [3.05, 3.63) is 29.8 Å². The molecule has 1 rings (SSSR count). The van der Waals surface area contributed by atoms with Gasteiger partial charge in [-0.3, -0.25) is 10.2 Å². The van der Waals surface area contributed by atoms with Crippen LogP contribution >= 0.6 is 11.6 Å². The average Bonchev–Trinajstić information content (AvgIpc) is 2.25. The summed E-state index contributed by atoms with van der Waals surface area (Å²) < 4.78 is 0. The molecule has 1 N–H and O–H groups in total. The largest absolute Gasteiger partial charge is 0.295 e. The average molecular weight is 226 g/mol. The van der Waals surface area contributed by atoms with Crippen molar-refractivity contribution in [2.24, 2.45) is 10.3 Å². The first kappa shape index (κ1) is 11.7. The molecular weight excluding hydrogens is 214 g/mol. The van der Waals surface area contributed by atoms with E-state index in [0.29, 0.717) is 18.0 Å². The molecule has 0 radical (unpaired) electrons. The maximum Gasteiger partial charge on any atom is 0.159 e. The lowest BCUT2D eigenvalue weighted by atomic mass is 10.1. The topological polar surface area (TPSA) is 53.8 Å². The van der Waals surface area contributed by atoms with E-state index >= 15 is 0 Å². The van der Waals surface area contributed by atoms with Gasteiger partial charge in [-0.1, -0.05) is 5.22 Å². The monoisotopic (exact) mass is 225 g/mol. The van der Waals surface area contributed by atoms with E-state index in [1.807, 2.05) is 0 Å². The van der Waals surface area contributed by atoms with Crippen molar-refractivity contribution >= 4 is 23.1 Å². The van der Waals surface area contributed by atoms with Gasteiger partial charge in [-0.15, -0.1) is 11.6 Å². The van der Waals surface area contributed by atoms with E-state index in [0.717, 1.165) is 5.69 Å². The predicted molar refractivity (Wildman–Crippen MR) is 60.5 cm³/mol. The molecule has 0 saturated carbocycles. The zero-order valence-electron chi connectivity index (χ0n) is 8.40. The minimum atomic E-state index is 0.0466. The third-order valence-electron chi connectivity index (χ3n) is 1.73. The predicted octanol–water partition coefficient (Wildman–Crippen LogP) is 2.91. The van der Waals surface area contributed by atoms with E-state index in [9.17, 15) is 4.79 Å². The number of benzene rings is 1. The van der Waals surface area contributed by atoms with Crippen LogP contribution in [0.15, 0.2) is 34.6 Å². The Bertz CT molecular complexity index is 348. The molecule has 0 saturated heterocycles. The summed E-state index contributed by atoms with van der Waals surface area (Å²) in [6.45, 7) is 2.02. The number of hydrogen-bond donors (Lipinski definition) is 1. The third-order valence-corrected chi connectivity index (χ3v) is 1.89. The summed E-state index contributed by atoms with van der Waals surface area (Å²) in [5.41, 5.74) is 4.20. The van der Waals surface area contributed by atoms with Crippen molar-refractivity contribution in [2.45, 2.75) is 6.92 Å². The molecule has 0 spiro atoms. The first-order valence-corrected chi connectivity index (χ1v) is 5.07. The van der Waals surface area contributed by atoms with Crippen molar-refractivity contribution in [1.29, 1.82) is 0 Å². The Morgan fingerprint density at radius 3 is 2.60 bits per heavy atom. The number of halogens is 1. The minimum Gasteiger partial charge on any atom is -0.295 e. The lowest BCUT2D eigenvalue weighted by Crippen LogP contribution is -1.93. The number of hydrogen-bond acceptors (Lipinski definition) is 3. The van der Waals surface area contributed by atoms with Crippen LogP contribution in [0.5, 0.6) is 0 Å². The van der Waals surface area contributed by atoms with Crippen LogP contribution in [0, 0.1) is 0 Å². The Morgan fingerprint density at radius 2 is 2.07 bits per heavy atom. The molecule has 0 fully saturated rings. The molecule has 0 unspecified atom stereocenters. The van der Waals surface area contributed by atoms with Gasteiger partial charge < -0.3 is 0 Å². The van der Waals surface area contributed by atoms with Gasteiger partial charge in [-0.2, -0.15) is 5.11 Å². The van der Waals surface area contributed by atoms with Gasteiger partial charge in [-0.25, -0.2) is 0 Å². The molecule has 4 nitrogen and oxygen atoms in total. The molecule has 0 bridgehead atoms. The molecule has 0 aliphatic carbocycles. The number of ketones is 1. The molecule has 80 valence electrons. The highest BCUT2D eigenvalue weighted by Gasteiger charge is 1.97. The van der Waals surface area contributed by atoms with E-state index in [2.05, 4.69) is 15.8 Å². The number of anilines is 1. The van der Waals surface area contributed by atoms with Crippen LogP contribution in [-0.4, -0.2) is 18.2 Å². The number of Topliss-reactive ketones (excluding diaryl/α,β-unsaturated/α-hetero) is 1. The van der Waals surface area contributed by atoms with Gasteiger partial charge in [0.2, 0.25) is 0 Å². The van der Waals surface area contributed by atoms with E-state index in [-0.39, 0.29) is 5.78 Å². The Balaban J connectivity index is 2.53. The second-order valence-electron chi connectivity index (χ2n) is 2.90. The fourth-order valence-corrected chi connectivity index (χ4v) is 1.04. The summed E-state index contributed by atoms with van der Waals surface area (Å²) in [7, 11) is 0. The van der Waals surface area contributed by atoms with Crippen molar-refractivity contribution in [1.82, 2.24) is 0 Å². The summed E-state index contributed by atoms with van der Waals surface area (Å²) in [5.74, 6) is 0.499. The number of rotatable bonds is 5. The highest BCUT2D eigenvalue weighted by molar-refractivity contribution is 6.18. The number of carbonyl (C=O) groups is 1. The number of alkyl halides is 1. The summed E-state index contributed by atoms with van der Waals surface area (Å²) in [4.78, 5) is 11.0. The van der Waals surface area contributed by atoms with Crippen molar-refractivity contribution in [3.8, 4) is 0 Å². The molecule has 15 heavy (non-hydrogen) atoms. The van der Waals surface area contributed by atoms with Gasteiger partial charge in [0.25, 0.3) is 0 Å².